The van der Waals surface area contributed by atoms with E-state index < -0.39 is 0 Å². The maximum atomic E-state index is 6.04. The number of rotatable bonds is 4. The lowest BCUT2D eigenvalue weighted by Gasteiger charge is -2.43. The standard InChI is InChI=1S/C14H18ClN/c15-10-14(6-3-7-14)16-9-12-8-11-4-1-2-5-13(11)12/h1-2,4-5,12,16H,3,6-10H2. The predicted molar refractivity (Wildman–Crippen MR) is 68.2 cm³/mol. The van der Waals surface area contributed by atoms with Crippen LogP contribution < -0.4 is 5.32 Å². The van der Waals surface area contributed by atoms with Gasteiger partial charge in [0.1, 0.15) is 0 Å². The van der Waals surface area contributed by atoms with E-state index in [2.05, 4.69) is 29.6 Å². The third kappa shape index (κ3) is 1.66. The zero-order valence-electron chi connectivity index (χ0n) is 9.51. The van der Waals surface area contributed by atoms with Crippen molar-refractivity contribution in [1.82, 2.24) is 5.32 Å². The topological polar surface area (TPSA) is 12.0 Å². The maximum Gasteiger partial charge on any atom is 0.0406 e. The second-order valence-corrected chi connectivity index (χ2v) is 5.52. The third-order valence-electron chi connectivity index (χ3n) is 4.25. The Morgan fingerprint density at radius 3 is 2.75 bits per heavy atom. The molecule has 0 radical (unpaired) electrons. The summed E-state index contributed by atoms with van der Waals surface area (Å²) >= 11 is 6.04. The van der Waals surface area contributed by atoms with Crippen molar-refractivity contribution < 1.29 is 0 Å². The van der Waals surface area contributed by atoms with E-state index in [-0.39, 0.29) is 5.54 Å². The molecule has 0 saturated heterocycles. The van der Waals surface area contributed by atoms with Crippen molar-refractivity contribution in [3.8, 4) is 0 Å². The maximum absolute atomic E-state index is 6.04. The molecule has 2 heteroatoms. The molecule has 1 saturated carbocycles. The van der Waals surface area contributed by atoms with Gasteiger partial charge in [-0.1, -0.05) is 24.3 Å². The molecule has 3 rings (SSSR count). The highest BCUT2D eigenvalue weighted by molar-refractivity contribution is 6.18. The monoisotopic (exact) mass is 235 g/mol. The number of nitrogens with one attached hydrogen (secondary N) is 1. The molecule has 0 bridgehead atoms. The van der Waals surface area contributed by atoms with Crippen LogP contribution in [-0.4, -0.2) is 18.0 Å². The van der Waals surface area contributed by atoms with Crippen molar-refractivity contribution in [3.05, 3.63) is 35.4 Å². The molecule has 0 amide bonds. The summed E-state index contributed by atoms with van der Waals surface area (Å²) in [7, 11) is 0. The lowest BCUT2D eigenvalue weighted by molar-refractivity contribution is 0.207. The second kappa shape index (κ2) is 4.05. The minimum atomic E-state index is 0.270. The first-order valence-corrected chi connectivity index (χ1v) is 6.75. The minimum absolute atomic E-state index is 0.270. The summed E-state index contributed by atoms with van der Waals surface area (Å²) in [6, 6.07) is 8.78. The van der Waals surface area contributed by atoms with Crippen molar-refractivity contribution in [3.63, 3.8) is 0 Å². The number of hydrogen-bond acceptors (Lipinski definition) is 1. The summed E-state index contributed by atoms with van der Waals surface area (Å²) in [5, 5.41) is 3.69. The third-order valence-corrected chi connectivity index (χ3v) is 4.76. The molecule has 1 aromatic rings. The summed E-state index contributed by atoms with van der Waals surface area (Å²) in [4.78, 5) is 0. The zero-order valence-corrected chi connectivity index (χ0v) is 10.3. The van der Waals surface area contributed by atoms with Crippen LogP contribution in [0.5, 0.6) is 0 Å². The van der Waals surface area contributed by atoms with Gasteiger partial charge in [-0.25, -0.2) is 0 Å². The zero-order chi connectivity index (χ0) is 11.0. The van der Waals surface area contributed by atoms with Crippen LogP contribution in [0.4, 0.5) is 0 Å². The molecule has 16 heavy (non-hydrogen) atoms. The van der Waals surface area contributed by atoms with Crippen LogP contribution in [0.25, 0.3) is 0 Å². The molecule has 0 spiro atoms. The fourth-order valence-corrected chi connectivity index (χ4v) is 3.21. The Kier molecular flexibility index (Phi) is 2.68. The molecule has 0 heterocycles. The fraction of sp³-hybridized carbons (Fsp3) is 0.571. The Bertz CT molecular complexity index is 379. The average Bonchev–Trinajstić information content (AvgIpc) is 2.23. The van der Waals surface area contributed by atoms with Crippen LogP contribution in [0.1, 0.15) is 36.3 Å². The van der Waals surface area contributed by atoms with Crippen molar-refractivity contribution in [2.24, 2.45) is 0 Å². The van der Waals surface area contributed by atoms with E-state index in [4.69, 9.17) is 11.6 Å². The van der Waals surface area contributed by atoms with Gasteiger partial charge in [-0.3, -0.25) is 0 Å². The highest BCUT2D eigenvalue weighted by atomic mass is 35.5. The van der Waals surface area contributed by atoms with Crippen molar-refractivity contribution in [2.75, 3.05) is 12.4 Å². The fourth-order valence-electron chi connectivity index (χ4n) is 2.85. The van der Waals surface area contributed by atoms with Crippen molar-refractivity contribution in [1.29, 1.82) is 0 Å². The molecule has 0 aliphatic heterocycles. The van der Waals surface area contributed by atoms with Crippen LogP contribution in [-0.2, 0) is 6.42 Å². The van der Waals surface area contributed by atoms with Gasteiger partial charge in [-0.2, -0.15) is 0 Å². The SMILES string of the molecule is ClCC1(NCC2Cc3ccccc32)CCC1. The lowest BCUT2D eigenvalue weighted by atomic mass is 9.75. The second-order valence-electron chi connectivity index (χ2n) is 5.25. The molecule has 1 N–H and O–H groups in total. The summed E-state index contributed by atoms with van der Waals surface area (Å²) < 4.78 is 0. The Hall–Kier alpha value is -0.530. The summed E-state index contributed by atoms with van der Waals surface area (Å²) in [6.45, 7) is 1.10. The summed E-state index contributed by atoms with van der Waals surface area (Å²) in [5.74, 6) is 1.48. The molecule has 1 atom stereocenters. The Morgan fingerprint density at radius 2 is 2.12 bits per heavy atom. The van der Waals surface area contributed by atoms with Crippen LogP contribution in [0, 0.1) is 0 Å². The first-order valence-electron chi connectivity index (χ1n) is 6.22. The van der Waals surface area contributed by atoms with Gasteiger partial charge < -0.3 is 5.32 Å². The largest absolute Gasteiger partial charge is 0.309 e. The van der Waals surface area contributed by atoms with Gasteiger partial charge >= 0.3 is 0 Å². The molecule has 0 aromatic heterocycles. The van der Waals surface area contributed by atoms with E-state index >= 15 is 0 Å². The molecular weight excluding hydrogens is 218 g/mol. The first-order chi connectivity index (χ1) is 7.83. The normalized spacial score (nSPS) is 25.4. The van der Waals surface area contributed by atoms with Crippen LogP contribution in [0.2, 0.25) is 0 Å². The van der Waals surface area contributed by atoms with Gasteiger partial charge in [0, 0.05) is 23.9 Å². The molecular formula is C14H18ClN. The Balaban J connectivity index is 1.58. The molecule has 1 unspecified atom stereocenters. The molecule has 1 aromatic carbocycles. The van der Waals surface area contributed by atoms with Gasteiger partial charge in [0.25, 0.3) is 0 Å². The van der Waals surface area contributed by atoms with E-state index in [0.29, 0.717) is 0 Å². The number of benzene rings is 1. The molecule has 1 fully saturated rings. The van der Waals surface area contributed by atoms with Crippen LogP contribution in [0.15, 0.2) is 24.3 Å². The smallest absolute Gasteiger partial charge is 0.0406 e. The van der Waals surface area contributed by atoms with Gasteiger partial charge in [-0.15, -0.1) is 11.6 Å². The lowest BCUT2D eigenvalue weighted by Crippen LogP contribution is -2.54. The molecule has 86 valence electrons. The van der Waals surface area contributed by atoms with Crippen molar-refractivity contribution in [2.45, 2.75) is 37.1 Å². The van der Waals surface area contributed by atoms with Crippen LogP contribution in [0.3, 0.4) is 0 Å². The van der Waals surface area contributed by atoms with Crippen molar-refractivity contribution >= 4 is 11.6 Å². The minimum Gasteiger partial charge on any atom is -0.309 e. The van der Waals surface area contributed by atoms with E-state index in [0.717, 1.165) is 18.3 Å². The van der Waals surface area contributed by atoms with E-state index in [9.17, 15) is 0 Å². The van der Waals surface area contributed by atoms with E-state index in [1.807, 2.05) is 0 Å². The number of halogens is 1. The van der Waals surface area contributed by atoms with Crippen LogP contribution >= 0.6 is 11.6 Å². The number of hydrogen-bond donors (Lipinski definition) is 1. The Morgan fingerprint density at radius 1 is 1.31 bits per heavy atom. The highest BCUT2D eigenvalue weighted by Gasteiger charge is 2.37. The van der Waals surface area contributed by atoms with Gasteiger partial charge in [0.05, 0.1) is 0 Å². The van der Waals surface area contributed by atoms with E-state index in [1.165, 1.54) is 31.2 Å². The predicted octanol–water partition coefficient (Wildman–Crippen LogP) is 3.08. The quantitative estimate of drug-likeness (QED) is 0.791. The van der Waals surface area contributed by atoms with Gasteiger partial charge in [0.15, 0.2) is 0 Å². The molecule has 2 aliphatic carbocycles. The summed E-state index contributed by atoms with van der Waals surface area (Å²) in [5.41, 5.74) is 3.34. The first kappa shape index (κ1) is 10.6. The Labute approximate surface area is 102 Å². The van der Waals surface area contributed by atoms with Gasteiger partial charge in [0.2, 0.25) is 0 Å². The van der Waals surface area contributed by atoms with E-state index in [1.54, 1.807) is 5.56 Å². The summed E-state index contributed by atoms with van der Waals surface area (Å²) in [6.07, 6.45) is 5.08. The molecule has 2 aliphatic rings. The highest BCUT2D eigenvalue weighted by Crippen LogP contribution is 2.37. The van der Waals surface area contributed by atoms with Gasteiger partial charge in [-0.05, 0) is 36.8 Å². The number of fused-ring (bicyclic) bond motifs is 1. The average molecular weight is 236 g/mol. The molecule has 1 nitrogen and oxygen atoms in total. The number of alkyl halides is 1.